The molecule has 0 bridgehead atoms. The number of nitrogens with one attached hydrogen (secondary N) is 2. The number of hydrogen-bond donors (Lipinski definition) is 2. The van der Waals surface area contributed by atoms with E-state index in [-0.39, 0.29) is 22.6 Å². The number of nitrogens with zero attached hydrogens (tertiary/aromatic N) is 3. The molecule has 6 nitrogen and oxygen atoms in total. The van der Waals surface area contributed by atoms with Crippen molar-refractivity contribution in [1.29, 1.82) is 0 Å². The zero-order valence-electron chi connectivity index (χ0n) is 18.3. The van der Waals surface area contributed by atoms with E-state index in [1.165, 1.54) is 11.3 Å². The molecule has 31 heavy (non-hydrogen) atoms. The molecule has 0 aliphatic carbocycles. The van der Waals surface area contributed by atoms with Crippen molar-refractivity contribution in [2.24, 2.45) is 21.8 Å². The Labute approximate surface area is 188 Å². The van der Waals surface area contributed by atoms with E-state index in [1.54, 1.807) is 18.1 Å². The fourth-order valence-corrected chi connectivity index (χ4v) is 6.25. The van der Waals surface area contributed by atoms with Gasteiger partial charge in [-0.1, -0.05) is 49.9 Å². The first-order valence-corrected chi connectivity index (χ1v) is 12.2. The molecule has 0 aromatic heterocycles. The van der Waals surface area contributed by atoms with Gasteiger partial charge in [-0.3, -0.25) is 9.79 Å². The summed E-state index contributed by atoms with van der Waals surface area (Å²) >= 11 is 1.59. The van der Waals surface area contributed by atoms with Crippen LogP contribution in [0.15, 0.2) is 45.2 Å². The van der Waals surface area contributed by atoms with E-state index < -0.39 is 0 Å². The maximum Gasteiger partial charge on any atom is 0.257 e. The molecule has 4 aliphatic rings. The zero-order valence-corrected chi connectivity index (χ0v) is 19.1. The van der Waals surface area contributed by atoms with Crippen LogP contribution in [0.5, 0.6) is 0 Å². The van der Waals surface area contributed by atoms with Gasteiger partial charge >= 0.3 is 0 Å². The molecule has 7 heteroatoms. The van der Waals surface area contributed by atoms with Gasteiger partial charge in [0.15, 0.2) is 0 Å². The number of carbonyl (C=O) groups excluding carboxylic acids is 1. The van der Waals surface area contributed by atoms with Gasteiger partial charge in [-0.25, -0.2) is 4.99 Å². The van der Waals surface area contributed by atoms with Gasteiger partial charge in [-0.05, 0) is 49.9 Å². The monoisotopic (exact) mass is 437 g/mol. The molecule has 1 fully saturated rings. The molecule has 1 amide bonds. The number of amides is 1. The summed E-state index contributed by atoms with van der Waals surface area (Å²) in [5.41, 5.74) is 2.70. The van der Waals surface area contributed by atoms with Crippen molar-refractivity contribution in [3.8, 4) is 0 Å². The lowest BCUT2D eigenvalue weighted by Crippen LogP contribution is -2.44. The van der Waals surface area contributed by atoms with Crippen LogP contribution in [0.4, 0.5) is 5.69 Å². The van der Waals surface area contributed by atoms with Gasteiger partial charge in [0.25, 0.3) is 5.91 Å². The summed E-state index contributed by atoms with van der Waals surface area (Å²) < 4.78 is 0. The number of aliphatic imine (C=N–C) groups is 2. The maximum absolute atomic E-state index is 12.8. The third-order valence-electron chi connectivity index (χ3n) is 6.87. The lowest BCUT2D eigenvalue weighted by molar-refractivity contribution is -0.117. The Balaban J connectivity index is 1.29. The highest BCUT2D eigenvalue weighted by Crippen LogP contribution is 2.44. The number of hydrogen-bond acceptors (Lipinski definition) is 6. The second-order valence-corrected chi connectivity index (χ2v) is 10.7. The van der Waals surface area contributed by atoms with E-state index in [0.29, 0.717) is 5.92 Å². The topological polar surface area (TPSA) is 69.1 Å². The Hall–Kier alpha value is -2.12. The Bertz CT molecular complexity index is 947. The molecule has 4 heterocycles. The molecule has 2 atom stereocenters. The Morgan fingerprint density at radius 1 is 1.29 bits per heavy atom. The number of thioether (sulfide) groups is 1. The molecule has 4 aliphatic heterocycles. The van der Waals surface area contributed by atoms with Gasteiger partial charge in [-0.15, -0.1) is 0 Å². The molecular formula is C24H31N5OS. The summed E-state index contributed by atoms with van der Waals surface area (Å²) in [6.45, 7) is 8.37. The highest BCUT2D eigenvalue weighted by atomic mass is 32.2. The maximum atomic E-state index is 12.8. The zero-order chi connectivity index (χ0) is 21.4. The lowest BCUT2D eigenvalue weighted by atomic mass is 9.87. The summed E-state index contributed by atoms with van der Waals surface area (Å²) in [7, 11) is 0. The number of benzene rings is 1. The molecule has 1 saturated heterocycles. The summed E-state index contributed by atoms with van der Waals surface area (Å²) in [5.74, 6) is 1.90. The normalized spacial score (nSPS) is 27.2. The van der Waals surface area contributed by atoms with E-state index in [9.17, 15) is 4.79 Å². The predicted molar refractivity (Wildman–Crippen MR) is 129 cm³/mol. The highest BCUT2D eigenvalue weighted by Gasteiger charge is 2.42. The summed E-state index contributed by atoms with van der Waals surface area (Å²) in [5, 5.41) is 6.54. The quantitative estimate of drug-likeness (QED) is 0.761. The summed E-state index contributed by atoms with van der Waals surface area (Å²) in [6, 6.07) is 8.64. The Morgan fingerprint density at radius 3 is 2.94 bits per heavy atom. The average molecular weight is 438 g/mol. The average Bonchev–Trinajstić information content (AvgIpc) is 3.08. The number of anilines is 1. The van der Waals surface area contributed by atoms with E-state index >= 15 is 0 Å². The van der Waals surface area contributed by atoms with Gasteiger partial charge in [0, 0.05) is 24.2 Å². The van der Waals surface area contributed by atoms with Gasteiger partial charge in [-0.2, -0.15) is 0 Å². The fraction of sp³-hybridized carbons (Fsp3) is 0.542. The molecular weight excluding hydrogens is 406 g/mol. The van der Waals surface area contributed by atoms with Gasteiger partial charge < -0.3 is 15.5 Å². The Kier molecular flexibility index (Phi) is 5.65. The third-order valence-corrected chi connectivity index (χ3v) is 8.17. The SMILES string of the molecule is CC1(C)CN(C2=NC=NC3SC(C(=O)NCC4CCNCC4)=CCC23)c2ccccc21. The first kappa shape index (κ1) is 20.8. The number of allylic oxidation sites excluding steroid dienone is 1. The first-order chi connectivity index (χ1) is 15.0. The minimum Gasteiger partial charge on any atom is -0.351 e. The molecule has 164 valence electrons. The van der Waals surface area contributed by atoms with Crippen molar-refractivity contribution in [1.82, 2.24) is 10.6 Å². The van der Waals surface area contributed by atoms with Crippen LogP contribution in [0.3, 0.4) is 0 Å². The van der Waals surface area contributed by atoms with Crippen molar-refractivity contribution < 1.29 is 4.79 Å². The van der Waals surface area contributed by atoms with Crippen LogP contribution in [0.25, 0.3) is 0 Å². The molecule has 5 rings (SSSR count). The minimum absolute atomic E-state index is 0.00741. The number of piperidine rings is 1. The number of fused-ring (bicyclic) bond motifs is 2. The summed E-state index contributed by atoms with van der Waals surface area (Å²) in [4.78, 5) is 25.3. The largest absolute Gasteiger partial charge is 0.351 e. The number of carbonyl (C=O) groups is 1. The van der Waals surface area contributed by atoms with Crippen molar-refractivity contribution in [3.63, 3.8) is 0 Å². The van der Waals surface area contributed by atoms with Gasteiger partial charge in [0.2, 0.25) is 0 Å². The fourth-order valence-electron chi connectivity index (χ4n) is 5.11. The van der Waals surface area contributed by atoms with Crippen molar-refractivity contribution in [2.45, 2.75) is 43.9 Å². The minimum atomic E-state index is 0.00741. The molecule has 2 N–H and O–H groups in total. The van der Waals surface area contributed by atoms with E-state index in [0.717, 1.165) is 56.2 Å². The second kappa shape index (κ2) is 8.43. The van der Waals surface area contributed by atoms with Crippen LogP contribution in [-0.4, -0.2) is 49.6 Å². The summed E-state index contributed by atoms with van der Waals surface area (Å²) in [6.07, 6.45) is 6.84. The van der Waals surface area contributed by atoms with Crippen LogP contribution in [-0.2, 0) is 10.2 Å². The molecule has 0 radical (unpaired) electrons. The molecule has 2 unspecified atom stereocenters. The van der Waals surface area contributed by atoms with Crippen LogP contribution >= 0.6 is 11.8 Å². The molecule has 0 saturated carbocycles. The standard InChI is InChI=1S/C24H31N5OS/c1-24(2)14-29(19-6-4-3-5-18(19)24)21-17-7-8-20(31-23(17)28-15-27-21)22(30)26-13-16-9-11-25-12-10-16/h3-6,8,15-17,23,25H,7,9-14H2,1-2H3,(H,26,30). The Morgan fingerprint density at radius 2 is 2.10 bits per heavy atom. The number of amidine groups is 1. The van der Waals surface area contributed by atoms with Crippen molar-refractivity contribution in [2.75, 3.05) is 31.1 Å². The molecule has 0 spiro atoms. The smallest absolute Gasteiger partial charge is 0.257 e. The second-order valence-electron chi connectivity index (χ2n) is 9.56. The van der Waals surface area contributed by atoms with E-state index in [2.05, 4.69) is 64.7 Å². The van der Waals surface area contributed by atoms with Gasteiger partial charge in [0.1, 0.15) is 17.5 Å². The van der Waals surface area contributed by atoms with Crippen molar-refractivity contribution >= 4 is 35.5 Å². The number of para-hydroxylation sites is 1. The van der Waals surface area contributed by atoms with Crippen LogP contribution in [0.2, 0.25) is 0 Å². The van der Waals surface area contributed by atoms with Crippen molar-refractivity contribution in [3.05, 3.63) is 40.8 Å². The van der Waals surface area contributed by atoms with E-state index in [4.69, 9.17) is 4.99 Å². The van der Waals surface area contributed by atoms with Gasteiger partial charge in [0.05, 0.1) is 10.8 Å². The molecule has 1 aromatic rings. The third kappa shape index (κ3) is 4.05. The van der Waals surface area contributed by atoms with E-state index in [1.807, 2.05) is 0 Å². The van der Waals surface area contributed by atoms with Crippen LogP contribution in [0.1, 0.15) is 38.7 Å². The predicted octanol–water partition coefficient (Wildman–Crippen LogP) is 3.30. The van der Waals surface area contributed by atoms with Crippen LogP contribution in [0, 0.1) is 11.8 Å². The van der Waals surface area contributed by atoms with Crippen LogP contribution < -0.4 is 15.5 Å². The highest BCUT2D eigenvalue weighted by molar-refractivity contribution is 8.04. The number of rotatable bonds is 3. The lowest BCUT2D eigenvalue weighted by Gasteiger charge is -2.35. The first-order valence-electron chi connectivity index (χ1n) is 11.3. The molecule has 1 aromatic carbocycles.